The molecule has 1 aromatic carbocycles. The van der Waals surface area contributed by atoms with Crippen LogP contribution in [-0.2, 0) is 19.1 Å². The lowest BCUT2D eigenvalue weighted by Crippen LogP contribution is -2.28. The molecular formula is C22H26N2O5S. The van der Waals surface area contributed by atoms with Crippen LogP contribution in [0.2, 0.25) is 0 Å². The summed E-state index contributed by atoms with van der Waals surface area (Å²) in [5, 5.41) is 7.35. The molecule has 0 spiro atoms. The summed E-state index contributed by atoms with van der Waals surface area (Å²) in [5.41, 5.74) is 0.423. The Morgan fingerprint density at radius 3 is 2.27 bits per heavy atom. The Balaban J connectivity index is 1.89. The van der Waals surface area contributed by atoms with E-state index in [1.165, 1.54) is 18.3 Å². The van der Waals surface area contributed by atoms with E-state index in [0.29, 0.717) is 11.3 Å². The first-order chi connectivity index (χ1) is 14.1. The van der Waals surface area contributed by atoms with Crippen molar-refractivity contribution in [1.29, 1.82) is 0 Å². The molecule has 0 fully saturated rings. The van der Waals surface area contributed by atoms with Crippen LogP contribution in [0.4, 0.5) is 5.69 Å². The van der Waals surface area contributed by atoms with Gasteiger partial charge in [-0.25, -0.2) is 0 Å². The Bertz CT molecular complexity index is 899. The zero-order chi connectivity index (χ0) is 22.3. The standard InChI is InChI=1S/C22H26N2O5S/c1-14(25)23-17(19-6-5-11-30-19)12-20(27)29-13-18(26)15-7-9-16(10-8-15)24-21(28)22(2,3)4/h5-11,17H,12-13H2,1-4H3,(H,23,25)(H,24,28). The van der Waals surface area contributed by atoms with Gasteiger partial charge in [0.05, 0.1) is 12.5 Å². The maximum absolute atomic E-state index is 12.3. The summed E-state index contributed by atoms with van der Waals surface area (Å²) in [7, 11) is 0. The lowest BCUT2D eigenvalue weighted by molar-refractivity contribution is -0.143. The topological polar surface area (TPSA) is 102 Å². The molecule has 0 radical (unpaired) electrons. The number of thiophene rings is 1. The van der Waals surface area contributed by atoms with Gasteiger partial charge < -0.3 is 15.4 Å². The molecule has 8 heteroatoms. The Morgan fingerprint density at radius 1 is 1.07 bits per heavy atom. The van der Waals surface area contributed by atoms with E-state index in [2.05, 4.69) is 10.6 Å². The number of carbonyl (C=O) groups excluding carboxylic acids is 4. The molecule has 30 heavy (non-hydrogen) atoms. The zero-order valence-corrected chi connectivity index (χ0v) is 18.3. The van der Waals surface area contributed by atoms with Crippen molar-refractivity contribution in [2.75, 3.05) is 11.9 Å². The number of hydrogen-bond donors (Lipinski definition) is 2. The quantitative estimate of drug-likeness (QED) is 0.491. The van der Waals surface area contributed by atoms with Crippen LogP contribution in [0, 0.1) is 5.41 Å². The van der Waals surface area contributed by atoms with Crippen LogP contribution in [0.3, 0.4) is 0 Å². The second-order valence-corrected chi connectivity index (χ2v) is 8.82. The summed E-state index contributed by atoms with van der Waals surface area (Å²) in [6.07, 6.45) is -0.0643. The Morgan fingerprint density at radius 2 is 1.73 bits per heavy atom. The van der Waals surface area contributed by atoms with Crippen molar-refractivity contribution in [3.8, 4) is 0 Å². The Kier molecular flexibility index (Phi) is 7.88. The van der Waals surface area contributed by atoms with Crippen molar-refractivity contribution in [1.82, 2.24) is 5.32 Å². The van der Waals surface area contributed by atoms with Gasteiger partial charge in [-0.15, -0.1) is 11.3 Å². The summed E-state index contributed by atoms with van der Waals surface area (Å²) in [4.78, 5) is 48.7. The lowest BCUT2D eigenvalue weighted by Gasteiger charge is -2.17. The molecule has 1 unspecified atom stereocenters. The number of rotatable bonds is 8. The molecule has 0 saturated carbocycles. The van der Waals surface area contributed by atoms with Crippen LogP contribution in [0.5, 0.6) is 0 Å². The van der Waals surface area contributed by atoms with Gasteiger partial charge in [0.2, 0.25) is 11.8 Å². The zero-order valence-electron chi connectivity index (χ0n) is 17.5. The number of hydrogen-bond acceptors (Lipinski definition) is 6. The van der Waals surface area contributed by atoms with Crippen molar-refractivity contribution in [2.24, 2.45) is 5.41 Å². The highest BCUT2D eigenvalue weighted by atomic mass is 32.1. The van der Waals surface area contributed by atoms with E-state index in [9.17, 15) is 19.2 Å². The third-order valence-electron chi connectivity index (χ3n) is 4.15. The van der Waals surface area contributed by atoms with Gasteiger partial charge in [-0.2, -0.15) is 0 Å². The molecule has 1 aromatic heterocycles. The minimum absolute atomic E-state index is 0.0643. The Labute approximate surface area is 179 Å². The molecule has 1 atom stereocenters. The first kappa shape index (κ1) is 23.3. The molecule has 0 aliphatic carbocycles. The van der Waals surface area contributed by atoms with Crippen LogP contribution in [0.25, 0.3) is 0 Å². The first-order valence-electron chi connectivity index (χ1n) is 9.47. The fourth-order valence-corrected chi connectivity index (χ4v) is 3.25. The molecule has 7 nitrogen and oxygen atoms in total. The average molecular weight is 431 g/mol. The molecule has 0 saturated heterocycles. The average Bonchev–Trinajstić information content (AvgIpc) is 3.20. The summed E-state index contributed by atoms with van der Waals surface area (Å²) in [6, 6.07) is 9.56. The molecule has 2 N–H and O–H groups in total. The molecule has 0 aliphatic rings. The molecule has 2 rings (SSSR count). The van der Waals surface area contributed by atoms with Crippen LogP contribution < -0.4 is 10.6 Å². The highest BCUT2D eigenvalue weighted by Gasteiger charge is 2.22. The number of anilines is 1. The maximum atomic E-state index is 12.3. The molecule has 0 aliphatic heterocycles. The van der Waals surface area contributed by atoms with Crippen LogP contribution in [0.15, 0.2) is 41.8 Å². The molecule has 1 heterocycles. The fraction of sp³-hybridized carbons (Fsp3) is 0.364. The van der Waals surface area contributed by atoms with Crippen molar-refractivity contribution < 1.29 is 23.9 Å². The normalized spacial score (nSPS) is 12.0. The summed E-state index contributed by atoms with van der Waals surface area (Å²) in [5.74, 6) is -1.32. The van der Waals surface area contributed by atoms with Gasteiger partial charge in [-0.05, 0) is 35.7 Å². The molecule has 160 valence electrons. The van der Waals surface area contributed by atoms with Crippen LogP contribution in [0.1, 0.15) is 55.4 Å². The van der Waals surface area contributed by atoms with Crippen LogP contribution >= 0.6 is 11.3 Å². The second-order valence-electron chi connectivity index (χ2n) is 7.84. The number of benzene rings is 1. The van der Waals surface area contributed by atoms with E-state index in [4.69, 9.17) is 4.74 Å². The number of esters is 1. The SMILES string of the molecule is CC(=O)NC(CC(=O)OCC(=O)c1ccc(NC(=O)C(C)(C)C)cc1)c1cccs1. The van der Waals surface area contributed by atoms with Gasteiger partial charge in [0.1, 0.15) is 0 Å². The minimum Gasteiger partial charge on any atom is -0.457 e. The first-order valence-corrected chi connectivity index (χ1v) is 10.3. The van der Waals surface area contributed by atoms with E-state index in [-0.39, 0.29) is 24.0 Å². The summed E-state index contributed by atoms with van der Waals surface area (Å²) < 4.78 is 5.10. The summed E-state index contributed by atoms with van der Waals surface area (Å²) >= 11 is 1.42. The van der Waals surface area contributed by atoms with E-state index in [0.717, 1.165) is 4.88 Å². The highest BCUT2D eigenvalue weighted by Crippen LogP contribution is 2.22. The predicted molar refractivity (Wildman–Crippen MR) is 115 cm³/mol. The number of amides is 2. The molecule has 2 amide bonds. The number of ketones is 1. The minimum atomic E-state index is -0.579. The van der Waals surface area contributed by atoms with Crippen LogP contribution in [-0.4, -0.2) is 30.2 Å². The number of carbonyl (C=O) groups is 4. The number of nitrogens with one attached hydrogen (secondary N) is 2. The summed E-state index contributed by atoms with van der Waals surface area (Å²) in [6.45, 7) is 6.41. The predicted octanol–water partition coefficient (Wildman–Crippen LogP) is 3.73. The van der Waals surface area contributed by atoms with Gasteiger partial charge in [0.15, 0.2) is 12.4 Å². The third kappa shape index (κ3) is 7.11. The van der Waals surface area contributed by atoms with Gasteiger partial charge in [-0.3, -0.25) is 19.2 Å². The van der Waals surface area contributed by atoms with E-state index >= 15 is 0 Å². The van der Waals surface area contributed by atoms with Gasteiger partial charge in [-0.1, -0.05) is 26.8 Å². The van der Waals surface area contributed by atoms with E-state index in [1.54, 1.807) is 24.3 Å². The van der Waals surface area contributed by atoms with Gasteiger partial charge in [0.25, 0.3) is 0 Å². The van der Waals surface area contributed by atoms with E-state index in [1.807, 2.05) is 38.3 Å². The smallest absolute Gasteiger partial charge is 0.308 e. The van der Waals surface area contributed by atoms with Crippen molar-refractivity contribution in [3.05, 3.63) is 52.2 Å². The lowest BCUT2D eigenvalue weighted by atomic mass is 9.95. The number of Topliss-reactive ketones (excluding diaryl/α,β-unsaturated/α-hetero) is 1. The second kappa shape index (κ2) is 10.2. The number of ether oxygens (including phenoxy) is 1. The third-order valence-corrected chi connectivity index (χ3v) is 5.13. The fourth-order valence-electron chi connectivity index (χ4n) is 2.47. The molecular weight excluding hydrogens is 404 g/mol. The monoisotopic (exact) mass is 430 g/mol. The van der Waals surface area contributed by atoms with Gasteiger partial charge in [0, 0.05) is 28.5 Å². The van der Waals surface area contributed by atoms with Crippen molar-refractivity contribution in [3.63, 3.8) is 0 Å². The van der Waals surface area contributed by atoms with E-state index < -0.39 is 24.0 Å². The van der Waals surface area contributed by atoms with Gasteiger partial charge >= 0.3 is 5.97 Å². The molecule has 0 bridgehead atoms. The molecule has 2 aromatic rings. The maximum Gasteiger partial charge on any atom is 0.308 e. The highest BCUT2D eigenvalue weighted by molar-refractivity contribution is 7.10. The van der Waals surface area contributed by atoms with Crippen molar-refractivity contribution in [2.45, 2.75) is 40.2 Å². The Hall–Kier alpha value is -3.00. The largest absolute Gasteiger partial charge is 0.457 e. The van der Waals surface area contributed by atoms with Crippen molar-refractivity contribution >= 4 is 40.6 Å².